The van der Waals surface area contributed by atoms with Crippen LogP contribution < -0.4 is 19.7 Å². The number of thiocarbonyl (C=S) groups is 1. The van der Waals surface area contributed by atoms with Crippen LogP contribution in [0.15, 0.2) is 77.3 Å². The number of methoxy groups -OCH3 is 2. The number of aryl methyl sites for hydroxylation is 1. The smallest absolute Gasteiger partial charge is 0.174 e. The number of hydrogen-bond donors (Lipinski definition) is 1. The molecule has 0 saturated carbocycles. The zero-order chi connectivity index (χ0) is 24.5. The third-order valence-corrected chi connectivity index (χ3v) is 6.84. The lowest BCUT2D eigenvalue weighted by atomic mass is 10.0. The van der Waals surface area contributed by atoms with Gasteiger partial charge in [0.25, 0.3) is 0 Å². The van der Waals surface area contributed by atoms with Crippen LogP contribution >= 0.6 is 23.8 Å². The highest BCUT2D eigenvalue weighted by atomic mass is 35.5. The Morgan fingerprint density at radius 3 is 2.60 bits per heavy atom. The monoisotopic (exact) mass is 505 g/mol. The molecule has 6 nitrogen and oxygen atoms in total. The number of anilines is 1. The second-order valence-electron chi connectivity index (χ2n) is 8.20. The van der Waals surface area contributed by atoms with Gasteiger partial charge < -0.3 is 24.1 Å². The van der Waals surface area contributed by atoms with Crippen LogP contribution in [0.1, 0.15) is 29.1 Å². The van der Waals surface area contributed by atoms with Crippen molar-refractivity contribution in [2.75, 3.05) is 19.1 Å². The van der Waals surface area contributed by atoms with Crippen LogP contribution in [0, 0.1) is 6.92 Å². The molecule has 0 spiro atoms. The molecule has 0 radical (unpaired) electrons. The van der Waals surface area contributed by atoms with Crippen molar-refractivity contribution in [1.82, 2.24) is 10.3 Å². The molecule has 2 aromatic carbocycles. The number of pyridine rings is 1. The number of furan rings is 1. The van der Waals surface area contributed by atoms with E-state index in [1.165, 1.54) is 0 Å². The third kappa shape index (κ3) is 4.33. The Balaban J connectivity index is 1.62. The highest BCUT2D eigenvalue weighted by molar-refractivity contribution is 7.80. The Bertz CT molecular complexity index is 1380. The number of nitrogens with zero attached hydrogens (tertiary/aromatic N) is 2. The number of nitrogens with one attached hydrogen (secondary N) is 1. The lowest BCUT2D eigenvalue weighted by Gasteiger charge is -2.27. The average Bonchev–Trinajstić information content (AvgIpc) is 3.50. The van der Waals surface area contributed by atoms with Crippen molar-refractivity contribution in [2.24, 2.45) is 0 Å². The molecule has 8 heteroatoms. The van der Waals surface area contributed by atoms with E-state index in [-0.39, 0.29) is 12.1 Å². The van der Waals surface area contributed by atoms with Crippen molar-refractivity contribution < 1.29 is 13.9 Å². The van der Waals surface area contributed by atoms with E-state index in [1.807, 2.05) is 78.6 Å². The summed E-state index contributed by atoms with van der Waals surface area (Å²) in [4.78, 5) is 6.61. The normalized spacial score (nSPS) is 17.4. The van der Waals surface area contributed by atoms with E-state index in [2.05, 4.69) is 10.3 Å². The minimum Gasteiger partial charge on any atom is -0.497 e. The van der Waals surface area contributed by atoms with Gasteiger partial charge in [-0.1, -0.05) is 29.8 Å². The highest BCUT2D eigenvalue weighted by Gasteiger charge is 2.43. The summed E-state index contributed by atoms with van der Waals surface area (Å²) in [5.41, 5.74) is 3.57. The van der Waals surface area contributed by atoms with E-state index in [0.717, 1.165) is 34.0 Å². The van der Waals surface area contributed by atoms with E-state index in [9.17, 15) is 0 Å². The standard InChI is InChI=1S/C27H24ClN3O3S/c1-16-7-8-17(14-19(16)28)22-11-12-23(34-22)26-25(20-6-4-5-13-29-20)30-27(35)31(26)21-10-9-18(32-2)15-24(21)33-3/h4-15,25-26H,1-3H3,(H,30,35)/t25-,26+/m0/s1. The fourth-order valence-electron chi connectivity index (χ4n) is 4.30. The molecule has 1 N–H and O–H groups in total. The zero-order valence-electron chi connectivity index (χ0n) is 19.5. The number of hydrogen-bond acceptors (Lipinski definition) is 5. The van der Waals surface area contributed by atoms with Gasteiger partial charge in [0.15, 0.2) is 5.11 Å². The van der Waals surface area contributed by atoms with Crippen molar-refractivity contribution >= 4 is 34.6 Å². The number of benzene rings is 2. The lowest BCUT2D eigenvalue weighted by molar-refractivity contribution is 0.392. The molecule has 178 valence electrons. The topological polar surface area (TPSA) is 59.8 Å². The number of ether oxygens (including phenoxy) is 2. The maximum Gasteiger partial charge on any atom is 0.174 e. The largest absolute Gasteiger partial charge is 0.497 e. The summed E-state index contributed by atoms with van der Waals surface area (Å²) in [5, 5.41) is 4.68. The summed E-state index contributed by atoms with van der Waals surface area (Å²) in [7, 11) is 3.25. The maximum absolute atomic E-state index is 6.43. The number of aromatic nitrogens is 1. The predicted octanol–water partition coefficient (Wildman–Crippen LogP) is 6.50. The molecule has 1 saturated heterocycles. The molecule has 35 heavy (non-hydrogen) atoms. The van der Waals surface area contributed by atoms with Crippen LogP contribution in [0.2, 0.25) is 5.02 Å². The van der Waals surface area contributed by atoms with Gasteiger partial charge in [-0.2, -0.15) is 0 Å². The van der Waals surface area contributed by atoms with Gasteiger partial charge in [-0.3, -0.25) is 4.98 Å². The Morgan fingerprint density at radius 2 is 1.89 bits per heavy atom. The Morgan fingerprint density at radius 1 is 1.03 bits per heavy atom. The van der Waals surface area contributed by atoms with Crippen molar-refractivity contribution in [3.05, 3.63) is 95.0 Å². The lowest BCUT2D eigenvalue weighted by Crippen LogP contribution is -2.29. The van der Waals surface area contributed by atoms with Crippen LogP contribution in [0.4, 0.5) is 5.69 Å². The second kappa shape index (κ2) is 9.60. The molecule has 0 aliphatic carbocycles. The molecule has 3 heterocycles. The molecule has 5 rings (SSSR count). The summed E-state index contributed by atoms with van der Waals surface area (Å²) in [5.74, 6) is 2.79. The SMILES string of the molecule is COc1ccc(N2C(=S)N[C@@H](c3ccccn3)[C@H]2c2ccc(-c3ccc(C)c(Cl)c3)o2)c(OC)c1. The Labute approximate surface area is 214 Å². The first kappa shape index (κ1) is 23.2. The number of halogens is 1. The highest BCUT2D eigenvalue weighted by Crippen LogP contribution is 2.46. The third-order valence-electron chi connectivity index (χ3n) is 6.12. The van der Waals surface area contributed by atoms with Crippen LogP contribution in [0.3, 0.4) is 0 Å². The molecular weight excluding hydrogens is 482 g/mol. The van der Waals surface area contributed by atoms with Gasteiger partial charge in [0, 0.05) is 22.8 Å². The summed E-state index contributed by atoms with van der Waals surface area (Å²) in [6.45, 7) is 1.97. The van der Waals surface area contributed by atoms with Crippen LogP contribution in [0.25, 0.3) is 11.3 Å². The molecule has 2 atom stereocenters. The molecule has 2 aromatic heterocycles. The van der Waals surface area contributed by atoms with Crippen LogP contribution in [0.5, 0.6) is 11.5 Å². The van der Waals surface area contributed by atoms with Crippen LogP contribution in [-0.2, 0) is 0 Å². The Hall–Kier alpha value is -3.55. The quantitative estimate of drug-likeness (QED) is 0.300. The van der Waals surface area contributed by atoms with Gasteiger partial charge in [-0.05, 0) is 67.2 Å². The molecule has 0 unspecified atom stereocenters. The van der Waals surface area contributed by atoms with Crippen molar-refractivity contribution in [3.63, 3.8) is 0 Å². The summed E-state index contributed by atoms with van der Waals surface area (Å²) in [6, 6.07) is 20.8. The van der Waals surface area contributed by atoms with E-state index in [0.29, 0.717) is 21.6 Å². The van der Waals surface area contributed by atoms with E-state index < -0.39 is 0 Å². The Kier molecular flexibility index (Phi) is 6.36. The molecule has 1 fully saturated rings. The van der Waals surface area contributed by atoms with Gasteiger partial charge in [-0.25, -0.2) is 0 Å². The van der Waals surface area contributed by atoms with Crippen molar-refractivity contribution in [3.8, 4) is 22.8 Å². The van der Waals surface area contributed by atoms with Gasteiger partial charge in [0.05, 0.1) is 31.6 Å². The zero-order valence-corrected chi connectivity index (χ0v) is 21.1. The fourth-order valence-corrected chi connectivity index (χ4v) is 4.82. The first-order valence-corrected chi connectivity index (χ1v) is 11.9. The van der Waals surface area contributed by atoms with Gasteiger partial charge in [-0.15, -0.1) is 0 Å². The minimum absolute atomic E-state index is 0.240. The molecule has 0 amide bonds. The van der Waals surface area contributed by atoms with E-state index >= 15 is 0 Å². The first-order chi connectivity index (χ1) is 17.0. The van der Waals surface area contributed by atoms with Gasteiger partial charge in [0.1, 0.15) is 29.1 Å². The molecule has 1 aliphatic heterocycles. The minimum atomic E-state index is -0.311. The van der Waals surface area contributed by atoms with Crippen molar-refractivity contribution in [1.29, 1.82) is 0 Å². The maximum atomic E-state index is 6.43. The molecule has 4 aromatic rings. The van der Waals surface area contributed by atoms with E-state index in [1.54, 1.807) is 20.4 Å². The second-order valence-corrected chi connectivity index (χ2v) is 8.99. The molecule has 1 aliphatic rings. The summed E-state index contributed by atoms with van der Waals surface area (Å²) >= 11 is 12.2. The fraction of sp³-hybridized carbons (Fsp3) is 0.185. The van der Waals surface area contributed by atoms with Crippen LogP contribution in [-0.4, -0.2) is 24.3 Å². The molecular formula is C27H24ClN3O3S. The van der Waals surface area contributed by atoms with E-state index in [4.69, 9.17) is 37.7 Å². The van der Waals surface area contributed by atoms with Gasteiger partial charge in [0.2, 0.25) is 0 Å². The number of rotatable bonds is 6. The van der Waals surface area contributed by atoms with Crippen molar-refractivity contribution in [2.45, 2.75) is 19.0 Å². The predicted molar refractivity (Wildman–Crippen MR) is 141 cm³/mol. The average molecular weight is 506 g/mol. The summed E-state index contributed by atoms with van der Waals surface area (Å²) in [6.07, 6.45) is 1.77. The first-order valence-electron chi connectivity index (χ1n) is 11.1. The van der Waals surface area contributed by atoms with Gasteiger partial charge >= 0.3 is 0 Å². The molecule has 0 bridgehead atoms. The summed E-state index contributed by atoms with van der Waals surface area (Å²) < 4.78 is 17.5.